The number of benzene rings is 6. The van der Waals surface area contributed by atoms with Gasteiger partial charge in [-0.25, -0.2) is 8.78 Å². The van der Waals surface area contributed by atoms with E-state index in [1.54, 1.807) is 0 Å². The highest BCUT2D eigenvalue weighted by Gasteiger charge is 2.31. The second kappa shape index (κ2) is 8.59. The number of halogens is 5. The van der Waals surface area contributed by atoms with Gasteiger partial charge in [-0.2, -0.15) is 0 Å². The minimum absolute atomic E-state index is 0.366. The maximum Gasteiger partial charge on any atom is 0.573 e. The molecule has 0 bridgehead atoms. The van der Waals surface area contributed by atoms with E-state index in [1.165, 1.54) is 30.3 Å². The van der Waals surface area contributed by atoms with Gasteiger partial charge in [-0.3, -0.25) is 0 Å². The number of fused-ring (bicyclic) bond motifs is 3. The summed E-state index contributed by atoms with van der Waals surface area (Å²) in [6.45, 7) is 0. The molecule has 0 saturated carbocycles. The SMILES string of the molecule is Fc1cc2c(-c3ccc(OC(F)(F)F)cc3)c3ccccc3c(-c3cccc4ccccc34)c2cc1F. The molecule has 0 aliphatic heterocycles. The summed E-state index contributed by atoms with van der Waals surface area (Å²) in [6, 6.07) is 28.9. The van der Waals surface area contributed by atoms with Crippen LogP contribution in [0, 0.1) is 11.6 Å². The Morgan fingerprint density at radius 3 is 1.70 bits per heavy atom. The summed E-state index contributed by atoms with van der Waals surface area (Å²) in [7, 11) is 0. The van der Waals surface area contributed by atoms with Crippen molar-refractivity contribution in [3.05, 3.63) is 115 Å². The monoisotopic (exact) mass is 500 g/mol. The highest BCUT2D eigenvalue weighted by Crippen LogP contribution is 2.46. The van der Waals surface area contributed by atoms with Crippen LogP contribution in [-0.4, -0.2) is 6.36 Å². The second-order valence-electron chi connectivity index (χ2n) is 8.71. The summed E-state index contributed by atoms with van der Waals surface area (Å²) >= 11 is 0. The number of rotatable bonds is 3. The minimum Gasteiger partial charge on any atom is -0.406 e. The average molecular weight is 500 g/mol. The molecule has 6 rings (SSSR count). The molecule has 0 amide bonds. The van der Waals surface area contributed by atoms with Crippen molar-refractivity contribution >= 4 is 32.3 Å². The van der Waals surface area contributed by atoms with Gasteiger partial charge in [0.15, 0.2) is 11.6 Å². The number of hydrogen-bond acceptors (Lipinski definition) is 1. The van der Waals surface area contributed by atoms with E-state index in [1.807, 2.05) is 66.7 Å². The van der Waals surface area contributed by atoms with Crippen molar-refractivity contribution in [3.8, 4) is 28.0 Å². The fraction of sp³-hybridized carbons (Fsp3) is 0.0323. The zero-order valence-electron chi connectivity index (χ0n) is 19.1. The summed E-state index contributed by atoms with van der Waals surface area (Å²) in [5, 5.41) is 4.48. The largest absolute Gasteiger partial charge is 0.573 e. The second-order valence-corrected chi connectivity index (χ2v) is 8.71. The number of alkyl halides is 3. The van der Waals surface area contributed by atoms with Crippen LogP contribution in [0.4, 0.5) is 22.0 Å². The number of ether oxygens (including phenoxy) is 1. The highest BCUT2D eigenvalue weighted by molar-refractivity contribution is 6.23. The highest BCUT2D eigenvalue weighted by atomic mass is 19.4. The van der Waals surface area contributed by atoms with Crippen LogP contribution in [-0.2, 0) is 0 Å². The lowest BCUT2D eigenvalue weighted by molar-refractivity contribution is -0.274. The van der Waals surface area contributed by atoms with Gasteiger partial charge in [0, 0.05) is 0 Å². The standard InChI is InChI=1S/C31H17F5O/c32-27-16-25-26(17-28(27)33)30(22-11-5-7-18-6-1-2-8-21(18)22)24-10-4-3-9-23(24)29(25)19-12-14-20(15-13-19)37-31(34,35)36/h1-17H. The van der Waals surface area contributed by atoms with Gasteiger partial charge in [0.05, 0.1) is 0 Å². The third-order valence-electron chi connectivity index (χ3n) is 6.50. The van der Waals surface area contributed by atoms with Crippen molar-refractivity contribution in [2.24, 2.45) is 0 Å². The number of hydrogen-bond donors (Lipinski definition) is 0. The molecule has 0 radical (unpaired) electrons. The zero-order valence-corrected chi connectivity index (χ0v) is 19.1. The summed E-state index contributed by atoms with van der Waals surface area (Å²) in [6.07, 6.45) is -4.82. The molecule has 6 heteroatoms. The van der Waals surface area contributed by atoms with Gasteiger partial charge in [0.2, 0.25) is 0 Å². The fourth-order valence-corrected chi connectivity index (χ4v) is 5.04. The molecule has 0 N–H and O–H groups in total. The first-order valence-electron chi connectivity index (χ1n) is 11.5. The Kier molecular flexibility index (Phi) is 5.33. The van der Waals surface area contributed by atoms with Crippen LogP contribution in [0.2, 0.25) is 0 Å². The molecule has 0 heterocycles. The lowest BCUT2D eigenvalue weighted by atomic mass is 9.84. The molecular formula is C31H17F5O. The zero-order chi connectivity index (χ0) is 25.7. The Hall–Kier alpha value is -4.45. The minimum atomic E-state index is -4.82. The van der Waals surface area contributed by atoms with Crippen LogP contribution in [0.25, 0.3) is 54.6 Å². The van der Waals surface area contributed by atoms with Crippen LogP contribution in [0.15, 0.2) is 103 Å². The van der Waals surface area contributed by atoms with Gasteiger partial charge in [-0.15, -0.1) is 13.2 Å². The van der Waals surface area contributed by atoms with Gasteiger partial charge in [-0.1, -0.05) is 78.9 Å². The summed E-state index contributed by atoms with van der Waals surface area (Å²) < 4.78 is 71.4. The Bertz CT molecular complexity index is 1800. The van der Waals surface area contributed by atoms with Gasteiger partial charge >= 0.3 is 6.36 Å². The van der Waals surface area contributed by atoms with Crippen molar-refractivity contribution in [3.63, 3.8) is 0 Å². The van der Waals surface area contributed by atoms with Crippen molar-refractivity contribution in [2.45, 2.75) is 6.36 Å². The van der Waals surface area contributed by atoms with E-state index in [9.17, 15) is 22.0 Å². The Labute approximate surface area is 208 Å². The van der Waals surface area contributed by atoms with Gasteiger partial charge in [-0.05, 0) is 78.8 Å². The normalized spacial score (nSPS) is 11.9. The van der Waals surface area contributed by atoms with Gasteiger partial charge < -0.3 is 4.74 Å². The first-order chi connectivity index (χ1) is 17.8. The van der Waals surface area contributed by atoms with Crippen LogP contribution < -0.4 is 4.74 Å². The van der Waals surface area contributed by atoms with E-state index in [2.05, 4.69) is 4.74 Å². The maximum atomic E-state index is 14.7. The van der Waals surface area contributed by atoms with Gasteiger partial charge in [0.1, 0.15) is 5.75 Å². The fourth-order valence-electron chi connectivity index (χ4n) is 5.04. The van der Waals surface area contributed by atoms with E-state index in [0.29, 0.717) is 21.9 Å². The predicted molar refractivity (Wildman–Crippen MR) is 136 cm³/mol. The molecule has 0 aliphatic rings. The van der Waals surface area contributed by atoms with E-state index in [4.69, 9.17) is 0 Å². The third-order valence-corrected chi connectivity index (χ3v) is 6.50. The summed E-state index contributed by atoms with van der Waals surface area (Å²) in [4.78, 5) is 0. The first kappa shape index (κ1) is 23.0. The molecule has 6 aromatic rings. The Balaban J connectivity index is 1.72. The molecule has 37 heavy (non-hydrogen) atoms. The quantitative estimate of drug-likeness (QED) is 0.174. The third kappa shape index (κ3) is 4.04. The van der Waals surface area contributed by atoms with Crippen LogP contribution in [0.5, 0.6) is 5.75 Å². The summed E-state index contributed by atoms with van der Waals surface area (Å²) in [5.41, 5.74) is 2.76. The van der Waals surface area contributed by atoms with E-state index in [-0.39, 0.29) is 5.75 Å². The van der Waals surface area contributed by atoms with E-state index in [0.717, 1.165) is 38.7 Å². The van der Waals surface area contributed by atoms with Crippen LogP contribution >= 0.6 is 0 Å². The molecule has 182 valence electrons. The smallest absolute Gasteiger partial charge is 0.406 e. The molecule has 0 saturated heterocycles. The molecule has 6 aromatic carbocycles. The molecule has 1 nitrogen and oxygen atoms in total. The van der Waals surface area contributed by atoms with Crippen molar-refractivity contribution in [1.82, 2.24) is 0 Å². The van der Waals surface area contributed by atoms with Crippen molar-refractivity contribution < 1.29 is 26.7 Å². The van der Waals surface area contributed by atoms with Crippen molar-refractivity contribution in [1.29, 1.82) is 0 Å². The molecule has 0 aliphatic carbocycles. The van der Waals surface area contributed by atoms with Crippen molar-refractivity contribution in [2.75, 3.05) is 0 Å². The molecule has 0 atom stereocenters. The average Bonchev–Trinajstić information content (AvgIpc) is 2.88. The first-order valence-corrected chi connectivity index (χ1v) is 11.5. The maximum absolute atomic E-state index is 14.7. The molecule has 0 unspecified atom stereocenters. The van der Waals surface area contributed by atoms with Crippen LogP contribution in [0.3, 0.4) is 0 Å². The Morgan fingerprint density at radius 1 is 0.514 bits per heavy atom. The molecule has 0 aromatic heterocycles. The van der Waals surface area contributed by atoms with Gasteiger partial charge in [0.25, 0.3) is 0 Å². The Morgan fingerprint density at radius 2 is 1.05 bits per heavy atom. The predicted octanol–water partition coefficient (Wildman–Crippen LogP) is 9.66. The van der Waals surface area contributed by atoms with E-state index < -0.39 is 18.0 Å². The van der Waals surface area contributed by atoms with E-state index >= 15 is 0 Å². The topological polar surface area (TPSA) is 9.23 Å². The lowest BCUT2D eigenvalue weighted by Gasteiger charge is -2.19. The molecular weight excluding hydrogens is 483 g/mol. The lowest BCUT2D eigenvalue weighted by Crippen LogP contribution is -2.16. The summed E-state index contributed by atoms with van der Waals surface area (Å²) in [5.74, 6) is -2.36. The molecule has 0 spiro atoms. The molecule has 0 fully saturated rings. The van der Waals surface area contributed by atoms with Crippen LogP contribution in [0.1, 0.15) is 0 Å².